The summed E-state index contributed by atoms with van der Waals surface area (Å²) in [6.07, 6.45) is 2.09. The van der Waals surface area contributed by atoms with Crippen LogP contribution in [0.25, 0.3) is 0 Å². The molecule has 0 saturated carbocycles. The number of methoxy groups -OCH3 is 1. The molecular formula is C19H25N5O3. The van der Waals surface area contributed by atoms with Crippen molar-refractivity contribution in [2.45, 2.75) is 32.9 Å². The summed E-state index contributed by atoms with van der Waals surface area (Å²) in [5.41, 5.74) is 3.59. The van der Waals surface area contributed by atoms with E-state index in [4.69, 9.17) is 4.74 Å². The first kappa shape index (κ1) is 18.9. The number of nitrogens with zero attached hydrogens (tertiary/aromatic N) is 2. The molecule has 8 heteroatoms. The standard InChI is InChI=1S/C19H25N5O3/c1-13-16(18(25)24-8-3-4-9-24)6-5-7-17(13)21-19(26)20-11-14-10-15(12-27-2)23-22-14/h5-7,10H,3-4,8-9,11-12H2,1-2H3,(H,22,23)(H2,20,21,26). The lowest BCUT2D eigenvalue weighted by atomic mass is 10.1. The molecule has 0 radical (unpaired) electrons. The van der Waals surface area contributed by atoms with E-state index in [9.17, 15) is 9.59 Å². The van der Waals surface area contributed by atoms with Gasteiger partial charge in [-0.05, 0) is 43.5 Å². The number of carbonyl (C=O) groups is 2. The number of benzene rings is 1. The zero-order chi connectivity index (χ0) is 19.2. The van der Waals surface area contributed by atoms with Crippen molar-refractivity contribution >= 4 is 17.6 Å². The number of rotatable bonds is 6. The largest absolute Gasteiger partial charge is 0.378 e. The minimum Gasteiger partial charge on any atom is -0.378 e. The molecule has 0 bridgehead atoms. The van der Waals surface area contributed by atoms with Crippen molar-refractivity contribution in [2.75, 3.05) is 25.5 Å². The molecule has 1 fully saturated rings. The molecule has 1 aliphatic heterocycles. The van der Waals surface area contributed by atoms with Crippen molar-refractivity contribution in [2.24, 2.45) is 0 Å². The number of aromatic nitrogens is 2. The van der Waals surface area contributed by atoms with Crippen LogP contribution in [0, 0.1) is 6.92 Å². The lowest BCUT2D eigenvalue weighted by Crippen LogP contribution is -2.30. The maximum absolute atomic E-state index is 12.6. The van der Waals surface area contributed by atoms with Crippen molar-refractivity contribution in [3.63, 3.8) is 0 Å². The summed E-state index contributed by atoms with van der Waals surface area (Å²) in [7, 11) is 1.60. The number of hydrogen-bond donors (Lipinski definition) is 3. The van der Waals surface area contributed by atoms with Gasteiger partial charge >= 0.3 is 6.03 Å². The SMILES string of the molecule is COCc1cc(CNC(=O)Nc2cccc(C(=O)N3CCCC3)c2C)[nH]n1. The van der Waals surface area contributed by atoms with Gasteiger partial charge in [-0.25, -0.2) is 4.79 Å². The molecule has 3 rings (SSSR count). The van der Waals surface area contributed by atoms with E-state index in [1.54, 1.807) is 25.3 Å². The second-order valence-corrected chi connectivity index (χ2v) is 6.60. The maximum atomic E-state index is 12.6. The zero-order valence-electron chi connectivity index (χ0n) is 15.7. The highest BCUT2D eigenvalue weighted by Crippen LogP contribution is 2.22. The number of ether oxygens (including phenoxy) is 1. The fourth-order valence-corrected chi connectivity index (χ4v) is 3.16. The van der Waals surface area contributed by atoms with Crippen LogP contribution in [0.15, 0.2) is 24.3 Å². The van der Waals surface area contributed by atoms with Crippen LogP contribution in [-0.4, -0.2) is 47.2 Å². The highest BCUT2D eigenvalue weighted by molar-refractivity contribution is 5.99. The Morgan fingerprint density at radius 2 is 2.07 bits per heavy atom. The molecule has 27 heavy (non-hydrogen) atoms. The monoisotopic (exact) mass is 371 g/mol. The molecular weight excluding hydrogens is 346 g/mol. The van der Waals surface area contributed by atoms with E-state index in [-0.39, 0.29) is 11.9 Å². The molecule has 1 aromatic carbocycles. The predicted octanol–water partition coefficient (Wildman–Crippen LogP) is 2.42. The minimum absolute atomic E-state index is 0.0252. The first-order valence-electron chi connectivity index (χ1n) is 9.04. The van der Waals surface area contributed by atoms with E-state index in [1.165, 1.54) is 0 Å². The third kappa shape index (κ3) is 4.65. The average molecular weight is 371 g/mol. The average Bonchev–Trinajstić information content (AvgIpc) is 3.33. The van der Waals surface area contributed by atoms with Gasteiger partial charge in [0.1, 0.15) is 0 Å². The van der Waals surface area contributed by atoms with Gasteiger partial charge in [-0.1, -0.05) is 6.07 Å². The lowest BCUT2D eigenvalue weighted by molar-refractivity contribution is 0.0792. The number of likely N-dealkylation sites (tertiary alicyclic amines) is 1. The number of anilines is 1. The summed E-state index contributed by atoms with van der Waals surface area (Å²) in [6, 6.07) is 6.89. The smallest absolute Gasteiger partial charge is 0.319 e. The normalized spacial score (nSPS) is 13.6. The lowest BCUT2D eigenvalue weighted by Gasteiger charge is -2.18. The molecule has 3 N–H and O–H groups in total. The van der Waals surface area contributed by atoms with E-state index < -0.39 is 0 Å². The van der Waals surface area contributed by atoms with Crippen molar-refractivity contribution in [3.05, 3.63) is 46.8 Å². The van der Waals surface area contributed by atoms with Gasteiger partial charge in [0.2, 0.25) is 0 Å². The van der Waals surface area contributed by atoms with Gasteiger partial charge in [0.15, 0.2) is 0 Å². The number of aromatic amines is 1. The molecule has 2 aromatic rings. The topological polar surface area (TPSA) is 99.4 Å². The first-order chi connectivity index (χ1) is 13.1. The number of urea groups is 1. The van der Waals surface area contributed by atoms with Crippen molar-refractivity contribution in [1.82, 2.24) is 20.4 Å². The molecule has 144 valence electrons. The van der Waals surface area contributed by atoms with E-state index >= 15 is 0 Å². The number of hydrogen-bond acceptors (Lipinski definition) is 4. The van der Waals surface area contributed by atoms with E-state index in [1.807, 2.05) is 17.9 Å². The Bertz CT molecular complexity index is 811. The summed E-state index contributed by atoms with van der Waals surface area (Å²) in [4.78, 5) is 26.7. The molecule has 3 amide bonds. The van der Waals surface area contributed by atoms with Crippen LogP contribution < -0.4 is 10.6 Å². The molecule has 8 nitrogen and oxygen atoms in total. The maximum Gasteiger partial charge on any atom is 0.319 e. The van der Waals surface area contributed by atoms with Gasteiger partial charge in [-0.2, -0.15) is 5.10 Å². The van der Waals surface area contributed by atoms with Crippen LogP contribution >= 0.6 is 0 Å². The molecule has 0 unspecified atom stereocenters. The van der Waals surface area contributed by atoms with E-state index in [0.717, 1.165) is 42.9 Å². The third-order valence-corrected chi connectivity index (χ3v) is 4.62. The Kier molecular flexibility index (Phi) is 6.08. The Morgan fingerprint density at radius 3 is 2.81 bits per heavy atom. The van der Waals surface area contributed by atoms with Gasteiger partial charge in [-0.15, -0.1) is 0 Å². The summed E-state index contributed by atoms with van der Waals surface area (Å²) in [5.74, 6) is 0.0252. The van der Waals surface area contributed by atoms with Gasteiger partial charge in [-0.3, -0.25) is 9.89 Å². The minimum atomic E-state index is -0.341. The summed E-state index contributed by atoms with van der Waals surface area (Å²) >= 11 is 0. The number of nitrogens with one attached hydrogen (secondary N) is 3. The Morgan fingerprint density at radius 1 is 1.30 bits per heavy atom. The Balaban J connectivity index is 1.60. The Hall–Kier alpha value is -2.87. The van der Waals surface area contributed by atoms with Crippen LogP contribution in [0.3, 0.4) is 0 Å². The molecule has 0 atom stereocenters. The fourth-order valence-electron chi connectivity index (χ4n) is 3.16. The number of carbonyl (C=O) groups excluding carboxylic acids is 2. The zero-order valence-corrected chi connectivity index (χ0v) is 15.7. The van der Waals surface area contributed by atoms with Crippen molar-refractivity contribution in [3.8, 4) is 0 Å². The third-order valence-electron chi connectivity index (χ3n) is 4.62. The van der Waals surface area contributed by atoms with Crippen LogP contribution in [0.4, 0.5) is 10.5 Å². The van der Waals surface area contributed by atoms with Gasteiger partial charge in [0.25, 0.3) is 5.91 Å². The van der Waals surface area contributed by atoms with Crippen LogP contribution in [0.5, 0.6) is 0 Å². The second-order valence-electron chi connectivity index (χ2n) is 6.60. The molecule has 1 saturated heterocycles. The van der Waals surface area contributed by atoms with E-state index in [2.05, 4.69) is 20.8 Å². The quantitative estimate of drug-likeness (QED) is 0.726. The van der Waals surface area contributed by atoms with E-state index in [0.29, 0.717) is 24.4 Å². The van der Waals surface area contributed by atoms with Gasteiger partial charge in [0, 0.05) is 31.5 Å². The number of amides is 3. The van der Waals surface area contributed by atoms with Gasteiger partial charge in [0.05, 0.1) is 24.5 Å². The van der Waals surface area contributed by atoms with Crippen molar-refractivity contribution < 1.29 is 14.3 Å². The summed E-state index contributed by atoms with van der Waals surface area (Å²) in [6.45, 7) is 4.18. The van der Waals surface area contributed by atoms with Crippen molar-refractivity contribution in [1.29, 1.82) is 0 Å². The second kappa shape index (κ2) is 8.68. The molecule has 2 heterocycles. The van der Waals surface area contributed by atoms with Crippen LogP contribution in [0.2, 0.25) is 0 Å². The summed E-state index contributed by atoms with van der Waals surface area (Å²) in [5, 5.41) is 12.5. The molecule has 1 aromatic heterocycles. The van der Waals surface area contributed by atoms with Crippen LogP contribution in [-0.2, 0) is 17.9 Å². The fraction of sp³-hybridized carbons (Fsp3) is 0.421. The van der Waals surface area contributed by atoms with Gasteiger partial charge < -0.3 is 20.3 Å². The molecule has 0 spiro atoms. The molecule has 0 aliphatic carbocycles. The Labute approximate surface area is 158 Å². The highest BCUT2D eigenvalue weighted by Gasteiger charge is 2.22. The predicted molar refractivity (Wildman–Crippen MR) is 101 cm³/mol. The highest BCUT2D eigenvalue weighted by atomic mass is 16.5. The first-order valence-corrected chi connectivity index (χ1v) is 9.04. The van der Waals surface area contributed by atoms with Crippen LogP contribution in [0.1, 0.15) is 40.2 Å². The molecule has 1 aliphatic rings. The number of H-pyrrole nitrogens is 1. The summed E-state index contributed by atoms with van der Waals surface area (Å²) < 4.78 is 5.01.